The van der Waals surface area contributed by atoms with Crippen molar-refractivity contribution in [2.75, 3.05) is 39.6 Å². The van der Waals surface area contributed by atoms with Crippen LogP contribution >= 0.6 is 15.6 Å². The number of unbranched alkanes of at least 4 members (excludes halogenated alkanes) is 44. The maximum Gasteiger partial charge on any atom is 0.472 e. The molecule has 19 heteroatoms. The van der Waals surface area contributed by atoms with Gasteiger partial charge in [0.2, 0.25) is 0 Å². The minimum Gasteiger partial charge on any atom is -0.462 e. The smallest absolute Gasteiger partial charge is 0.462 e. The summed E-state index contributed by atoms with van der Waals surface area (Å²) in [6.45, 7) is 7.21. The second-order valence-electron chi connectivity index (χ2n) is 26.6. The number of carbonyl (C=O) groups is 4. The van der Waals surface area contributed by atoms with Crippen LogP contribution in [0.15, 0.2) is 0 Å². The van der Waals surface area contributed by atoms with Gasteiger partial charge in [-0.05, 0) is 31.6 Å². The van der Waals surface area contributed by atoms with E-state index in [2.05, 4.69) is 34.6 Å². The Morgan fingerprint density at radius 1 is 0.304 bits per heavy atom. The van der Waals surface area contributed by atoms with Gasteiger partial charge < -0.3 is 33.8 Å². The highest BCUT2D eigenvalue weighted by atomic mass is 31.2. The molecule has 3 unspecified atom stereocenters. The number of aliphatic hydroxyl groups excluding tert-OH is 1. The molecule has 0 rings (SSSR count). The molecule has 0 bridgehead atoms. The topological polar surface area (TPSA) is 237 Å². The minimum absolute atomic E-state index is 0.107. The minimum atomic E-state index is -4.95. The lowest BCUT2D eigenvalue weighted by Gasteiger charge is -2.21. The fourth-order valence-corrected chi connectivity index (χ4v) is 12.7. The fourth-order valence-electron chi connectivity index (χ4n) is 11.1. The van der Waals surface area contributed by atoms with E-state index >= 15 is 0 Å². The molecule has 0 aromatic heterocycles. The Morgan fingerprint density at radius 2 is 0.522 bits per heavy atom. The molecule has 0 amide bonds. The molecule has 0 fully saturated rings. The Morgan fingerprint density at radius 3 is 0.772 bits per heavy atom. The average molecular weight is 1350 g/mol. The largest absolute Gasteiger partial charge is 0.472 e. The molecule has 0 saturated carbocycles. The molecule has 6 atom stereocenters. The van der Waals surface area contributed by atoms with Crippen molar-refractivity contribution < 1.29 is 80.2 Å². The number of aliphatic hydroxyl groups is 1. The van der Waals surface area contributed by atoms with Crippen LogP contribution in [0.2, 0.25) is 0 Å². The lowest BCUT2D eigenvalue weighted by Crippen LogP contribution is -2.30. The highest BCUT2D eigenvalue weighted by Gasteiger charge is 2.30. The van der Waals surface area contributed by atoms with Crippen molar-refractivity contribution in [3.05, 3.63) is 0 Å². The normalized spacial score (nSPS) is 14.3. The number of hydrogen-bond donors (Lipinski definition) is 3. The molecule has 546 valence electrons. The molecule has 0 radical (unpaired) electrons. The first-order chi connectivity index (χ1) is 44.6. The van der Waals surface area contributed by atoms with Gasteiger partial charge in [0.05, 0.1) is 26.4 Å². The molecule has 0 aromatic rings. The van der Waals surface area contributed by atoms with Crippen molar-refractivity contribution in [1.82, 2.24) is 0 Å². The van der Waals surface area contributed by atoms with Crippen molar-refractivity contribution in [2.24, 2.45) is 5.92 Å². The van der Waals surface area contributed by atoms with Gasteiger partial charge in [0.25, 0.3) is 0 Å². The van der Waals surface area contributed by atoms with Gasteiger partial charge in [-0.2, -0.15) is 0 Å². The number of phosphoric acid groups is 2. The second-order valence-corrected chi connectivity index (χ2v) is 29.5. The lowest BCUT2D eigenvalue weighted by atomic mass is 9.99. The molecular formula is C73H142O17P2. The van der Waals surface area contributed by atoms with Gasteiger partial charge >= 0.3 is 39.5 Å². The zero-order chi connectivity index (χ0) is 67.7. The Balaban J connectivity index is 5.12. The van der Waals surface area contributed by atoms with Crippen LogP contribution in [0.3, 0.4) is 0 Å². The number of phosphoric ester groups is 2. The molecule has 3 N–H and O–H groups in total. The third-order valence-corrected chi connectivity index (χ3v) is 19.3. The molecule has 0 aliphatic carbocycles. The molecule has 0 aromatic carbocycles. The van der Waals surface area contributed by atoms with Crippen LogP contribution in [-0.4, -0.2) is 96.7 Å². The van der Waals surface area contributed by atoms with Crippen molar-refractivity contribution in [3.63, 3.8) is 0 Å². The van der Waals surface area contributed by atoms with E-state index in [1.807, 2.05) is 0 Å². The first kappa shape index (κ1) is 90.1. The molecule has 0 saturated heterocycles. The maximum absolute atomic E-state index is 13.1. The zero-order valence-electron chi connectivity index (χ0n) is 59.7. The summed E-state index contributed by atoms with van der Waals surface area (Å²) >= 11 is 0. The zero-order valence-corrected chi connectivity index (χ0v) is 61.5. The SMILES string of the molecule is CCCCCCCCCCCCCCCCCCCCCCCC(=O)O[C@H](COC(=O)CCCCCCCCCCCCC(C)CC)COP(=O)(O)OC[C@@H](O)COP(=O)(O)OC[C@@H](COC(=O)CCCCCCC)OC(=O)CCCCCCCCCCCCCC. The fraction of sp³-hybridized carbons (Fsp3) is 0.945. The van der Waals surface area contributed by atoms with Crippen LogP contribution in [0.4, 0.5) is 0 Å². The number of esters is 4. The average Bonchev–Trinajstić information content (AvgIpc) is 3.74. The monoisotopic (exact) mass is 1350 g/mol. The van der Waals surface area contributed by atoms with E-state index in [1.165, 1.54) is 199 Å². The van der Waals surface area contributed by atoms with Crippen molar-refractivity contribution in [3.8, 4) is 0 Å². The van der Waals surface area contributed by atoms with Gasteiger partial charge in [0.1, 0.15) is 19.3 Å². The van der Waals surface area contributed by atoms with Gasteiger partial charge in [-0.15, -0.1) is 0 Å². The number of hydrogen-bond acceptors (Lipinski definition) is 15. The number of carbonyl (C=O) groups excluding carboxylic acids is 4. The summed E-state index contributed by atoms with van der Waals surface area (Å²) in [5, 5.41) is 10.6. The summed E-state index contributed by atoms with van der Waals surface area (Å²) in [5.74, 6) is -1.32. The van der Waals surface area contributed by atoms with Crippen molar-refractivity contribution in [1.29, 1.82) is 0 Å². The van der Waals surface area contributed by atoms with Crippen molar-refractivity contribution in [2.45, 2.75) is 400 Å². The van der Waals surface area contributed by atoms with Gasteiger partial charge in [0, 0.05) is 25.7 Å². The summed E-state index contributed by atoms with van der Waals surface area (Å²) in [4.78, 5) is 72.4. The van der Waals surface area contributed by atoms with E-state index in [9.17, 15) is 43.2 Å². The predicted molar refractivity (Wildman–Crippen MR) is 372 cm³/mol. The van der Waals surface area contributed by atoms with Gasteiger partial charge in [-0.3, -0.25) is 37.3 Å². The van der Waals surface area contributed by atoms with Crippen LogP contribution in [0.5, 0.6) is 0 Å². The van der Waals surface area contributed by atoms with E-state index in [0.29, 0.717) is 25.7 Å². The van der Waals surface area contributed by atoms with Crippen LogP contribution in [0.1, 0.15) is 381 Å². The summed E-state index contributed by atoms with van der Waals surface area (Å²) < 4.78 is 68.2. The highest BCUT2D eigenvalue weighted by Crippen LogP contribution is 2.45. The summed E-state index contributed by atoms with van der Waals surface area (Å²) in [6.07, 6.45) is 54.5. The lowest BCUT2D eigenvalue weighted by molar-refractivity contribution is -0.161. The third kappa shape index (κ3) is 65.4. The van der Waals surface area contributed by atoms with E-state index in [-0.39, 0.29) is 25.7 Å². The molecule has 0 heterocycles. The first-order valence-electron chi connectivity index (χ1n) is 38.2. The number of rotatable bonds is 73. The van der Waals surface area contributed by atoms with Crippen LogP contribution < -0.4 is 0 Å². The molecule has 17 nitrogen and oxygen atoms in total. The molecule has 92 heavy (non-hydrogen) atoms. The van der Waals surface area contributed by atoms with Gasteiger partial charge in [-0.1, -0.05) is 330 Å². The Hall–Kier alpha value is -1.94. The molecule has 0 aliphatic heterocycles. The highest BCUT2D eigenvalue weighted by molar-refractivity contribution is 7.47. The van der Waals surface area contributed by atoms with E-state index in [4.69, 9.17) is 37.0 Å². The third-order valence-electron chi connectivity index (χ3n) is 17.4. The summed E-state index contributed by atoms with van der Waals surface area (Å²) in [6, 6.07) is 0. The van der Waals surface area contributed by atoms with Crippen LogP contribution in [0.25, 0.3) is 0 Å². The molecular weight excluding hydrogens is 1210 g/mol. The summed E-state index contributed by atoms with van der Waals surface area (Å²) in [7, 11) is -9.89. The number of ether oxygens (including phenoxy) is 4. The van der Waals surface area contributed by atoms with E-state index < -0.39 is 97.5 Å². The predicted octanol–water partition coefficient (Wildman–Crippen LogP) is 21.3. The second kappa shape index (κ2) is 66.3. The van der Waals surface area contributed by atoms with E-state index in [1.54, 1.807) is 0 Å². The van der Waals surface area contributed by atoms with Crippen LogP contribution in [-0.2, 0) is 65.4 Å². The molecule has 0 spiro atoms. The first-order valence-corrected chi connectivity index (χ1v) is 41.2. The Kier molecular flexibility index (Phi) is 64.9. The van der Waals surface area contributed by atoms with Gasteiger partial charge in [0.15, 0.2) is 12.2 Å². The molecule has 0 aliphatic rings. The van der Waals surface area contributed by atoms with E-state index in [0.717, 1.165) is 102 Å². The van der Waals surface area contributed by atoms with Crippen LogP contribution in [0, 0.1) is 5.92 Å². The Labute approximate surface area is 562 Å². The summed E-state index contributed by atoms with van der Waals surface area (Å²) in [5.41, 5.74) is 0. The standard InChI is InChI=1S/C73H142O17P2/c1-6-10-13-16-18-20-22-24-25-26-27-28-29-30-31-32-34-40-44-49-54-59-73(78)90-69(63-84-71(76)57-52-47-42-38-36-35-37-41-46-50-55-66(5)9-4)65-88-92(81,82)86-61-67(74)60-85-91(79,80)87-64-68(62-83-70(75)56-51-45-15-12-8-3)89-72(77)58-53-48-43-39-33-23-21-19-17-14-11-7-2/h66-69,74H,6-65H2,1-5H3,(H,79,80)(H,81,82)/t66?,67-,68+,69+/m0/s1. The quantitative estimate of drug-likeness (QED) is 0.0222. The Bertz CT molecular complexity index is 1770. The van der Waals surface area contributed by atoms with Crippen molar-refractivity contribution >= 4 is 39.5 Å². The van der Waals surface area contributed by atoms with Gasteiger partial charge in [-0.25, -0.2) is 9.13 Å². The maximum atomic E-state index is 13.1.